The van der Waals surface area contributed by atoms with E-state index in [2.05, 4.69) is 0 Å². The fourth-order valence-corrected chi connectivity index (χ4v) is 9.15. The summed E-state index contributed by atoms with van der Waals surface area (Å²) < 4.78 is 54.7. The van der Waals surface area contributed by atoms with E-state index in [4.69, 9.17) is 122 Å². The van der Waals surface area contributed by atoms with E-state index in [1.54, 1.807) is 30.3 Å². The third kappa shape index (κ3) is 13.0. The zero-order valence-corrected chi connectivity index (χ0v) is 45.3. The lowest BCUT2D eigenvalue weighted by Gasteiger charge is -2.37. The smallest absolute Gasteiger partial charge is 0.446 e. The maximum Gasteiger partial charge on any atom is 0.446 e. The molecule has 0 fully saturated rings. The third-order valence-electron chi connectivity index (χ3n) is 11.0. The molecule has 1 unspecified atom stereocenters. The predicted octanol–water partition coefficient (Wildman–Crippen LogP) is 16.3. The largest absolute Gasteiger partial charge is 0.508 e. The Morgan fingerprint density at radius 3 is 1.54 bits per heavy atom. The predicted molar refractivity (Wildman–Crippen MR) is 290 cm³/mol. The number of rotatable bonds is 7. The van der Waals surface area contributed by atoms with Crippen molar-refractivity contribution in [3.8, 4) is 69.0 Å². The first kappa shape index (κ1) is 60.0. The summed E-state index contributed by atoms with van der Waals surface area (Å²) in [5.74, 6) is -2.52. The number of esters is 1. The molecule has 26 heteroatoms. The van der Waals surface area contributed by atoms with E-state index in [-0.39, 0.29) is 109 Å². The third-order valence-corrected chi connectivity index (χ3v) is 13.4. The second-order valence-electron chi connectivity index (χ2n) is 16.2. The van der Waals surface area contributed by atoms with E-state index in [9.17, 15) is 58.2 Å². The van der Waals surface area contributed by atoms with Crippen LogP contribution in [0.2, 0.25) is 40.2 Å². The van der Waals surface area contributed by atoms with Gasteiger partial charge in [0, 0.05) is 70.8 Å². The van der Waals surface area contributed by atoms with E-state index in [0.717, 1.165) is 12.1 Å². The second kappa shape index (κ2) is 24.4. The highest BCUT2D eigenvalue weighted by Crippen LogP contribution is 2.59. The molecule has 8 aromatic carbocycles. The minimum absolute atomic E-state index is 0.00228. The number of hydrogen-bond donors (Lipinski definition) is 7. The fourth-order valence-electron chi connectivity index (χ4n) is 7.53. The zero-order valence-electron chi connectivity index (χ0n) is 39.3. The molecule has 0 radical (unpaired) electrons. The molecular formula is C54H29Cl8F3O15. The number of hydrogen-bond acceptors (Lipinski definition) is 14. The summed E-state index contributed by atoms with van der Waals surface area (Å²) in [5.41, 5.74) is -0.0391. The molecule has 0 saturated heterocycles. The summed E-state index contributed by atoms with van der Waals surface area (Å²) in [7, 11) is 0. The summed E-state index contributed by atoms with van der Waals surface area (Å²) >= 11 is 48.0. The Labute approximate surface area is 488 Å². The lowest BCUT2D eigenvalue weighted by Crippen LogP contribution is -2.33. The van der Waals surface area contributed by atoms with Crippen LogP contribution in [0.25, 0.3) is 0 Å². The number of halogens is 11. The zero-order chi connectivity index (χ0) is 58.7. The number of phenols is 6. The second-order valence-corrected chi connectivity index (χ2v) is 19.5. The van der Waals surface area contributed by atoms with Gasteiger partial charge < -0.3 is 54.7 Å². The SMILES string of the molecule is O=C(O)c1ccccc1C(=O)c1cc(Cl)c(O)cc1O.O=C1OC2(c3cc(Cl)c(O)cc3Oc3cc(Oc4cc(Cl)c(O)c(Cl)c4)c(Cl)cc32)c2ccccc21.O=CC(F)(F)F.Oc1ccc(Cl)c(Oc2cc(Cl)c(O)c(Cl)c2)c1. The van der Waals surface area contributed by atoms with Crippen LogP contribution in [0.15, 0.2) is 127 Å². The summed E-state index contributed by atoms with van der Waals surface area (Å²) in [6.45, 7) is 0. The van der Waals surface area contributed by atoms with Crippen molar-refractivity contribution in [2.75, 3.05) is 0 Å². The Morgan fingerprint density at radius 2 is 0.988 bits per heavy atom. The number of carbonyl (C=O) groups excluding carboxylic acids is 3. The Hall–Kier alpha value is -7.65. The van der Waals surface area contributed by atoms with Crippen molar-refractivity contribution in [2.24, 2.45) is 0 Å². The maximum absolute atomic E-state index is 12.9. The van der Waals surface area contributed by atoms with Crippen molar-refractivity contribution in [3.63, 3.8) is 0 Å². The molecule has 0 amide bonds. The highest BCUT2D eigenvalue weighted by atomic mass is 35.5. The Morgan fingerprint density at radius 1 is 0.512 bits per heavy atom. The lowest BCUT2D eigenvalue weighted by molar-refractivity contribution is -0.156. The number of ether oxygens (including phenoxy) is 4. The number of carbonyl (C=O) groups is 4. The first-order valence-corrected chi connectivity index (χ1v) is 24.9. The monoisotopic (exact) mass is 1250 g/mol. The molecule has 7 N–H and O–H groups in total. The van der Waals surface area contributed by atoms with Gasteiger partial charge in [-0.25, -0.2) is 9.59 Å². The van der Waals surface area contributed by atoms with Gasteiger partial charge in [-0.2, -0.15) is 13.2 Å². The molecule has 0 aromatic heterocycles. The van der Waals surface area contributed by atoms with Gasteiger partial charge in [0.05, 0.1) is 56.9 Å². The van der Waals surface area contributed by atoms with Crippen LogP contribution < -0.4 is 14.2 Å². The molecule has 80 heavy (non-hydrogen) atoms. The first-order valence-electron chi connectivity index (χ1n) is 21.8. The summed E-state index contributed by atoms with van der Waals surface area (Å²) in [4.78, 5) is 45.0. The number of ketones is 1. The molecule has 10 rings (SSSR count). The minimum atomic E-state index is -4.64. The van der Waals surface area contributed by atoms with Crippen LogP contribution in [0.3, 0.4) is 0 Å². The number of aldehydes is 1. The first-order chi connectivity index (χ1) is 37.6. The van der Waals surface area contributed by atoms with Crippen LogP contribution in [0.4, 0.5) is 13.2 Å². The molecule has 2 heterocycles. The van der Waals surface area contributed by atoms with Crippen LogP contribution in [-0.4, -0.2) is 65.9 Å². The van der Waals surface area contributed by atoms with Crippen LogP contribution >= 0.6 is 92.8 Å². The minimum Gasteiger partial charge on any atom is -0.508 e. The summed E-state index contributed by atoms with van der Waals surface area (Å²) in [6.07, 6.45) is -5.70. The standard InChI is InChI=1S/C26H12Cl4O6.C14H9ClO5.C12H7Cl3O3.C2HF3O/c27-16-7-14-21(9-20(16)31)35-22-10-23(34-11-5-18(29)24(32)19(30)6-11)17(28)8-15(22)26(14)13-4-2-1-3-12(13)25(33)36-26;15-10-5-9(11(16)6-12(10)17)13(18)7-3-1-2-4-8(7)14(19)20;13-8-2-1-6(16)3-11(8)18-7-4-9(14)12(17)10(15)5-7;3-2(4,5)1-6/h1-10,31-32H;1-6,16-17H,(H,19,20);1-5,16-17H;1H. The highest BCUT2D eigenvalue weighted by molar-refractivity contribution is 6.38. The van der Waals surface area contributed by atoms with Crippen LogP contribution in [-0.2, 0) is 15.1 Å². The molecule has 0 bridgehead atoms. The number of aromatic carboxylic acids is 1. The van der Waals surface area contributed by atoms with E-state index in [1.807, 2.05) is 0 Å². The van der Waals surface area contributed by atoms with Crippen molar-refractivity contribution >= 4 is 117 Å². The number of aromatic hydroxyl groups is 6. The van der Waals surface area contributed by atoms with Crippen LogP contribution in [0.1, 0.15) is 53.3 Å². The van der Waals surface area contributed by atoms with Gasteiger partial charge in [-0.3, -0.25) is 9.59 Å². The van der Waals surface area contributed by atoms with Gasteiger partial charge >= 0.3 is 18.1 Å². The van der Waals surface area contributed by atoms with E-state index in [0.29, 0.717) is 33.0 Å². The van der Waals surface area contributed by atoms with Crippen molar-refractivity contribution in [3.05, 3.63) is 207 Å². The Kier molecular flexibility index (Phi) is 18.3. The van der Waals surface area contributed by atoms with Gasteiger partial charge in [0.15, 0.2) is 22.9 Å². The molecule has 412 valence electrons. The lowest BCUT2D eigenvalue weighted by atomic mass is 9.77. The van der Waals surface area contributed by atoms with E-state index in [1.165, 1.54) is 84.9 Å². The van der Waals surface area contributed by atoms with Crippen LogP contribution in [0.5, 0.6) is 69.0 Å². The number of fused-ring (bicyclic) bond motifs is 6. The van der Waals surface area contributed by atoms with Gasteiger partial charge in [0.25, 0.3) is 0 Å². The Bertz CT molecular complexity index is 3760. The molecule has 1 atom stereocenters. The number of carboxylic acids is 1. The average molecular weight is 1260 g/mol. The van der Waals surface area contributed by atoms with Gasteiger partial charge in [0.2, 0.25) is 6.29 Å². The highest BCUT2D eigenvalue weighted by Gasteiger charge is 2.54. The summed E-state index contributed by atoms with van der Waals surface area (Å²) in [6, 6.07) is 30.4. The van der Waals surface area contributed by atoms with Gasteiger partial charge in [0.1, 0.15) is 57.5 Å². The normalized spacial score (nSPS) is 13.5. The van der Waals surface area contributed by atoms with Crippen LogP contribution in [0, 0.1) is 0 Å². The van der Waals surface area contributed by atoms with Crippen molar-refractivity contribution in [1.29, 1.82) is 0 Å². The van der Waals surface area contributed by atoms with Crippen molar-refractivity contribution < 1.29 is 87.0 Å². The molecule has 2 aliphatic heterocycles. The molecule has 0 aliphatic carbocycles. The molecular weight excluding hydrogens is 1230 g/mol. The number of alkyl halides is 3. The quantitative estimate of drug-likeness (QED) is 0.0445. The topological polar surface area (TPSA) is 247 Å². The van der Waals surface area contributed by atoms with Crippen molar-refractivity contribution in [1.82, 2.24) is 0 Å². The molecule has 8 aromatic rings. The van der Waals surface area contributed by atoms with E-state index >= 15 is 0 Å². The summed E-state index contributed by atoms with van der Waals surface area (Å²) in [5, 5.41) is 67.5. The molecule has 15 nitrogen and oxygen atoms in total. The molecule has 0 saturated carbocycles. The number of phenolic OH excluding ortho intramolecular Hbond substituents is 6. The van der Waals surface area contributed by atoms with Gasteiger partial charge in [-0.05, 0) is 42.5 Å². The molecule has 2 aliphatic rings. The number of carboxylic acid groups (broad SMARTS) is 1. The average Bonchev–Trinajstić information content (AvgIpc) is 3.95. The molecule has 1 spiro atoms. The fraction of sp³-hybridized carbons (Fsp3) is 0.0370. The Balaban J connectivity index is 0.000000178. The van der Waals surface area contributed by atoms with E-state index < -0.39 is 41.5 Å². The maximum atomic E-state index is 12.9. The van der Waals surface area contributed by atoms with Crippen molar-refractivity contribution in [2.45, 2.75) is 11.8 Å². The van der Waals surface area contributed by atoms with Gasteiger partial charge in [-0.15, -0.1) is 0 Å². The van der Waals surface area contributed by atoms with Gasteiger partial charge in [-0.1, -0.05) is 129 Å². The number of benzene rings is 8.